The summed E-state index contributed by atoms with van der Waals surface area (Å²) in [5.74, 6) is -4.97. The van der Waals surface area contributed by atoms with E-state index in [2.05, 4.69) is 14.6 Å². The van der Waals surface area contributed by atoms with Crippen molar-refractivity contribution in [1.82, 2.24) is 5.01 Å². The number of carbonyl (C=O) groups excluding carboxylic acids is 4. The van der Waals surface area contributed by atoms with E-state index in [1.807, 2.05) is 0 Å². The number of carbonyl (C=O) groups is 4. The molecule has 0 aromatic rings. The minimum Gasteiger partial charge on any atom is -0.393 e. The number of hydrogen-bond donors (Lipinski definition) is 0. The summed E-state index contributed by atoms with van der Waals surface area (Å²) in [6, 6.07) is -0.581. The van der Waals surface area contributed by atoms with E-state index in [0.717, 1.165) is 0 Å². The normalized spacial score (nSPS) is 41.2. The maximum absolute atomic E-state index is 12.2. The van der Waals surface area contributed by atoms with E-state index in [1.54, 1.807) is 12.2 Å². The van der Waals surface area contributed by atoms with Crippen LogP contribution in [0.3, 0.4) is 0 Å². The predicted molar refractivity (Wildman–Crippen MR) is 59.8 cm³/mol. The van der Waals surface area contributed by atoms with Crippen LogP contribution >= 0.6 is 0 Å². The van der Waals surface area contributed by atoms with Crippen LogP contribution in [0.15, 0.2) is 17.3 Å². The van der Waals surface area contributed by atoms with Gasteiger partial charge < -0.3 is 9.47 Å². The molecule has 4 atom stereocenters. The van der Waals surface area contributed by atoms with Gasteiger partial charge >= 0.3 is 23.9 Å². The van der Waals surface area contributed by atoms with Crippen LogP contribution < -0.4 is 0 Å². The smallest absolute Gasteiger partial charge is 0.342 e. The zero-order valence-electron chi connectivity index (χ0n) is 10.0. The van der Waals surface area contributed by atoms with Crippen molar-refractivity contribution < 1.29 is 28.7 Å². The molecule has 0 aliphatic carbocycles. The molecule has 8 heteroatoms. The second-order valence-corrected chi connectivity index (χ2v) is 5.09. The molecule has 0 unspecified atom stereocenters. The molecule has 3 saturated heterocycles. The summed E-state index contributed by atoms with van der Waals surface area (Å²) in [6.07, 6.45) is 4.41. The summed E-state index contributed by atoms with van der Waals surface area (Å²) >= 11 is 0. The zero-order valence-corrected chi connectivity index (χ0v) is 10.0. The lowest BCUT2D eigenvalue weighted by Crippen LogP contribution is -2.53. The van der Waals surface area contributed by atoms with Gasteiger partial charge in [-0.1, -0.05) is 6.08 Å². The van der Waals surface area contributed by atoms with Gasteiger partial charge in [0.25, 0.3) is 0 Å². The van der Waals surface area contributed by atoms with Crippen molar-refractivity contribution in [1.29, 1.82) is 0 Å². The molecule has 102 valence electrons. The molecular weight excluding hydrogens is 268 g/mol. The fourth-order valence-corrected chi connectivity index (χ4v) is 3.49. The third kappa shape index (κ3) is 1.06. The van der Waals surface area contributed by atoms with Gasteiger partial charge in [-0.2, -0.15) is 5.10 Å². The number of hydrazone groups is 1. The molecule has 4 aliphatic heterocycles. The molecule has 4 aliphatic rings. The molecule has 20 heavy (non-hydrogen) atoms. The van der Waals surface area contributed by atoms with Gasteiger partial charge in [-0.05, 0) is 6.08 Å². The molecule has 0 N–H and O–H groups in total. The van der Waals surface area contributed by atoms with Gasteiger partial charge in [-0.25, -0.2) is 4.79 Å². The second kappa shape index (κ2) is 3.33. The molecule has 4 rings (SSSR count). The number of ether oxygens (including phenoxy) is 2. The first-order valence-corrected chi connectivity index (χ1v) is 6.06. The minimum atomic E-state index is -1.56. The van der Waals surface area contributed by atoms with Gasteiger partial charge in [0.05, 0.1) is 18.4 Å². The first-order chi connectivity index (χ1) is 9.55. The zero-order chi connectivity index (χ0) is 14.1. The first kappa shape index (κ1) is 11.3. The van der Waals surface area contributed by atoms with E-state index >= 15 is 0 Å². The van der Waals surface area contributed by atoms with E-state index in [-0.39, 0.29) is 6.42 Å². The van der Waals surface area contributed by atoms with Crippen LogP contribution in [-0.4, -0.2) is 46.7 Å². The summed E-state index contributed by atoms with van der Waals surface area (Å²) in [5.41, 5.74) is -1.56. The first-order valence-electron chi connectivity index (χ1n) is 6.06. The Balaban J connectivity index is 1.93. The van der Waals surface area contributed by atoms with Crippen LogP contribution in [0.2, 0.25) is 0 Å². The van der Waals surface area contributed by atoms with E-state index < -0.39 is 47.3 Å². The number of hydrogen-bond acceptors (Lipinski definition) is 8. The molecule has 3 fully saturated rings. The lowest BCUT2D eigenvalue weighted by molar-refractivity contribution is -0.163. The van der Waals surface area contributed by atoms with Gasteiger partial charge in [0.2, 0.25) is 0 Å². The highest BCUT2D eigenvalue weighted by Crippen LogP contribution is 2.53. The van der Waals surface area contributed by atoms with Gasteiger partial charge in [-0.15, -0.1) is 0 Å². The molecule has 0 saturated carbocycles. The molecule has 8 nitrogen and oxygen atoms in total. The molecule has 0 radical (unpaired) electrons. The second-order valence-electron chi connectivity index (χ2n) is 5.09. The van der Waals surface area contributed by atoms with Crippen molar-refractivity contribution >= 4 is 30.1 Å². The van der Waals surface area contributed by atoms with E-state index in [4.69, 9.17) is 0 Å². The summed E-state index contributed by atoms with van der Waals surface area (Å²) in [4.78, 5) is 47.5. The van der Waals surface area contributed by atoms with Crippen LogP contribution in [0.1, 0.15) is 6.42 Å². The summed E-state index contributed by atoms with van der Waals surface area (Å²) in [6.45, 7) is 0. The Labute approximate surface area is 112 Å². The van der Waals surface area contributed by atoms with Crippen LogP contribution in [0.25, 0.3) is 0 Å². The molecule has 0 aromatic heterocycles. The number of allylic oxidation sites excluding steroid dienone is 1. The number of cyclic esters (lactones) is 4. The fraction of sp³-hybridized carbons (Fsp3) is 0.417. The van der Waals surface area contributed by atoms with Crippen LogP contribution in [0.4, 0.5) is 0 Å². The minimum absolute atomic E-state index is 0.308. The monoisotopic (exact) mass is 276 g/mol. The number of esters is 4. The molecular formula is C12H8N2O6. The molecule has 1 spiro atoms. The summed E-state index contributed by atoms with van der Waals surface area (Å²) < 4.78 is 9.24. The third-order valence-corrected chi connectivity index (χ3v) is 4.22. The summed E-state index contributed by atoms with van der Waals surface area (Å²) in [7, 11) is 0. The van der Waals surface area contributed by atoms with E-state index in [1.165, 1.54) is 11.2 Å². The average Bonchev–Trinajstić information content (AvgIpc) is 2.97. The highest BCUT2D eigenvalue weighted by molar-refractivity contribution is 6.08. The Bertz CT molecular complexity index is 638. The maximum atomic E-state index is 12.2. The number of nitrogens with zero attached hydrogens (tertiary/aromatic N) is 2. The van der Waals surface area contributed by atoms with Crippen molar-refractivity contribution in [3.8, 4) is 0 Å². The predicted octanol–water partition coefficient (Wildman–Crippen LogP) is -1.25. The van der Waals surface area contributed by atoms with Gasteiger partial charge in [-0.3, -0.25) is 19.4 Å². The third-order valence-electron chi connectivity index (χ3n) is 4.22. The molecule has 4 heterocycles. The SMILES string of the molecule is O=C1C[C@@]2(C(=O)O1)[C@@H]1C(=O)OC(=O)[C@@H]1[C@H]1C=CC=NN12. The number of rotatable bonds is 0. The Morgan fingerprint density at radius 3 is 2.70 bits per heavy atom. The van der Waals surface area contributed by atoms with E-state index in [0.29, 0.717) is 0 Å². The molecule has 0 amide bonds. The lowest BCUT2D eigenvalue weighted by atomic mass is 9.79. The Kier molecular flexibility index (Phi) is 1.88. The average molecular weight is 276 g/mol. The van der Waals surface area contributed by atoms with Crippen LogP contribution in [0, 0.1) is 11.8 Å². The van der Waals surface area contributed by atoms with Crippen molar-refractivity contribution in [3.63, 3.8) is 0 Å². The van der Waals surface area contributed by atoms with Crippen molar-refractivity contribution in [2.45, 2.75) is 18.0 Å². The highest BCUT2D eigenvalue weighted by atomic mass is 16.6. The Morgan fingerprint density at radius 2 is 2.00 bits per heavy atom. The Hall–Kier alpha value is -2.51. The van der Waals surface area contributed by atoms with Gasteiger partial charge in [0.15, 0.2) is 5.54 Å². The standard InChI is InChI=1S/C12H8N2O6/c15-6-4-12(11(18)19-6)8-7(9(16)20-10(8)17)5-2-1-3-13-14(5)12/h1-3,5,7-8H,4H2/t5-,7-,8+,12+/m1/s1. The lowest BCUT2D eigenvalue weighted by Gasteiger charge is -2.33. The van der Waals surface area contributed by atoms with Crippen molar-refractivity contribution in [2.75, 3.05) is 0 Å². The van der Waals surface area contributed by atoms with E-state index in [9.17, 15) is 19.2 Å². The van der Waals surface area contributed by atoms with Crippen molar-refractivity contribution in [3.05, 3.63) is 12.2 Å². The van der Waals surface area contributed by atoms with Gasteiger partial charge in [0, 0.05) is 6.21 Å². The Morgan fingerprint density at radius 1 is 1.20 bits per heavy atom. The highest BCUT2D eigenvalue weighted by Gasteiger charge is 2.75. The van der Waals surface area contributed by atoms with Crippen LogP contribution in [0.5, 0.6) is 0 Å². The molecule has 0 bridgehead atoms. The quantitative estimate of drug-likeness (QED) is 0.402. The topological polar surface area (TPSA) is 102 Å². The van der Waals surface area contributed by atoms with Crippen molar-refractivity contribution in [2.24, 2.45) is 16.9 Å². The maximum Gasteiger partial charge on any atom is 0.342 e. The largest absolute Gasteiger partial charge is 0.393 e. The number of fused-ring (bicyclic) bond motifs is 5. The molecule has 0 aromatic carbocycles. The summed E-state index contributed by atoms with van der Waals surface area (Å²) in [5, 5.41) is 5.41. The fourth-order valence-electron chi connectivity index (χ4n) is 3.49. The van der Waals surface area contributed by atoms with Gasteiger partial charge in [0.1, 0.15) is 5.92 Å². The van der Waals surface area contributed by atoms with Crippen LogP contribution in [-0.2, 0) is 28.7 Å².